The molecule has 0 aliphatic heterocycles. The number of amides is 1. The van der Waals surface area contributed by atoms with Gasteiger partial charge in [0, 0.05) is 12.5 Å². The molecule has 0 saturated heterocycles. The minimum atomic E-state index is -0.491. The van der Waals surface area contributed by atoms with E-state index in [9.17, 15) is 9.59 Å². The Hall–Kier alpha value is -3.22. The average Bonchev–Trinajstić information content (AvgIpc) is 2.99. The van der Waals surface area contributed by atoms with Crippen LogP contribution in [0.3, 0.4) is 0 Å². The second-order valence-electron chi connectivity index (χ2n) is 5.46. The van der Waals surface area contributed by atoms with Crippen molar-refractivity contribution in [3.05, 3.63) is 52.5 Å². The fourth-order valence-corrected chi connectivity index (χ4v) is 2.54. The molecule has 7 heteroatoms. The molecule has 0 radical (unpaired) electrons. The highest BCUT2D eigenvalue weighted by Gasteiger charge is 2.10. The first-order chi connectivity index (χ1) is 12.1. The van der Waals surface area contributed by atoms with E-state index in [-0.39, 0.29) is 12.3 Å². The molecule has 2 aromatic carbocycles. The number of fused-ring (bicyclic) bond motifs is 1. The Labute approximate surface area is 143 Å². The van der Waals surface area contributed by atoms with E-state index in [4.69, 9.17) is 13.9 Å². The highest BCUT2D eigenvalue weighted by molar-refractivity contribution is 5.92. The first kappa shape index (κ1) is 16.6. The quantitative estimate of drug-likeness (QED) is 0.718. The van der Waals surface area contributed by atoms with E-state index in [1.54, 1.807) is 44.6 Å². The van der Waals surface area contributed by atoms with E-state index < -0.39 is 5.76 Å². The van der Waals surface area contributed by atoms with Crippen LogP contribution in [0.4, 0.5) is 5.69 Å². The molecular formula is C18H18N2O5. The van der Waals surface area contributed by atoms with Crippen LogP contribution in [0.5, 0.6) is 11.5 Å². The minimum Gasteiger partial charge on any atom is -0.497 e. The second-order valence-corrected chi connectivity index (χ2v) is 5.46. The topological polar surface area (TPSA) is 93.6 Å². The van der Waals surface area contributed by atoms with Crippen LogP contribution in [0, 0.1) is 0 Å². The fraction of sp³-hybridized carbons (Fsp3) is 0.222. The zero-order chi connectivity index (χ0) is 17.8. The van der Waals surface area contributed by atoms with Crippen molar-refractivity contribution >= 4 is 22.7 Å². The standard InChI is InChI=1S/C18H18N2O5/c1-23-12-5-7-15(24-2)14(10-12)19-17(21)8-4-11-3-6-16-13(9-11)20-18(22)25-16/h3,5-7,9-10H,4,8H2,1-2H3,(H,19,21)(H,20,22). The summed E-state index contributed by atoms with van der Waals surface area (Å²) in [6.45, 7) is 0. The zero-order valence-corrected chi connectivity index (χ0v) is 13.9. The lowest BCUT2D eigenvalue weighted by Gasteiger charge is -2.11. The Balaban J connectivity index is 1.66. The number of aromatic nitrogens is 1. The van der Waals surface area contributed by atoms with E-state index in [1.807, 2.05) is 6.07 Å². The van der Waals surface area contributed by atoms with Crippen molar-refractivity contribution in [2.45, 2.75) is 12.8 Å². The maximum atomic E-state index is 12.2. The molecule has 0 aliphatic rings. The number of aryl methyl sites for hydroxylation is 1. The van der Waals surface area contributed by atoms with Crippen molar-refractivity contribution in [2.75, 3.05) is 19.5 Å². The number of aromatic amines is 1. The van der Waals surface area contributed by atoms with Crippen LogP contribution < -0.4 is 20.5 Å². The summed E-state index contributed by atoms with van der Waals surface area (Å²) in [5.74, 6) is 0.555. The van der Waals surface area contributed by atoms with Crippen molar-refractivity contribution in [3.63, 3.8) is 0 Å². The van der Waals surface area contributed by atoms with Gasteiger partial charge < -0.3 is 19.2 Å². The first-order valence-electron chi connectivity index (χ1n) is 7.72. The molecule has 0 fully saturated rings. The first-order valence-corrected chi connectivity index (χ1v) is 7.72. The van der Waals surface area contributed by atoms with Gasteiger partial charge in [0.1, 0.15) is 11.5 Å². The Morgan fingerprint density at radius 3 is 2.76 bits per heavy atom. The van der Waals surface area contributed by atoms with Gasteiger partial charge in [0.05, 0.1) is 25.4 Å². The number of ether oxygens (including phenoxy) is 2. The number of benzene rings is 2. The summed E-state index contributed by atoms with van der Waals surface area (Å²) in [6.07, 6.45) is 0.815. The molecule has 0 aliphatic carbocycles. The maximum absolute atomic E-state index is 12.2. The van der Waals surface area contributed by atoms with Gasteiger partial charge in [-0.3, -0.25) is 9.78 Å². The van der Waals surface area contributed by atoms with Crippen LogP contribution in [0.25, 0.3) is 11.1 Å². The molecule has 3 aromatic rings. The highest BCUT2D eigenvalue weighted by Crippen LogP contribution is 2.29. The monoisotopic (exact) mass is 342 g/mol. The predicted octanol–water partition coefficient (Wildman–Crippen LogP) is 2.71. The lowest BCUT2D eigenvalue weighted by Crippen LogP contribution is -2.13. The van der Waals surface area contributed by atoms with Crippen LogP contribution in [0.2, 0.25) is 0 Å². The molecule has 130 valence electrons. The molecule has 25 heavy (non-hydrogen) atoms. The van der Waals surface area contributed by atoms with Crippen molar-refractivity contribution in [2.24, 2.45) is 0 Å². The number of H-pyrrole nitrogens is 1. The van der Waals surface area contributed by atoms with Crippen molar-refractivity contribution in [3.8, 4) is 11.5 Å². The summed E-state index contributed by atoms with van der Waals surface area (Å²) in [7, 11) is 3.10. The maximum Gasteiger partial charge on any atom is 0.417 e. The minimum absolute atomic E-state index is 0.146. The number of carbonyl (C=O) groups is 1. The fourth-order valence-electron chi connectivity index (χ4n) is 2.54. The average molecular weight is 342 g/mol. The number of oxazole rings is 1. The van der Waals surface area contributed by atoms with Crippen LogP contribution in [0.15, 0.2) is 45.6 Å². The number of nitrogens with one attached hydrogen (secondary N) is 2. The number of hydrogen-bond acceptors (Lipinski definition) is 5. The van der Waals surface area contributed by atoms with Crippen molar-refractivity contribution < 1.29 is 18.7 Å². The van der Waals surface area contributed by atoms with Gasteiger partial charge in [-0.1, -0.05) is 6.07 Å². The summed E-state index contributed by atoms with van der Waals surface area (Å²) in [4.78, 5) is 26.0. The Morgan fingerprint density at radius 1 is 1.16 bits per heavy atom. The van der Waals surface area contributed by atoms with Crippen molar-refractivity contribution in [1.29, 1.82) is 0 Å². The Bertz CT molecular complexity index is 957. The predicted molar refractivity (Wildman–Crippen MR) is 93.3 cm³/mol. The van der Waals surface area contributed by atoms with E-state index in [0.29, 0.717) is 34.7 Å². The molecule has 0 unspecified atom stereocenters. The molecule has 0 spiro atoms. The van der Waals surface area contributed by atoms with E-state index in [1.165, 1.54) is 0 Å². The van der Waals surface area contributed by atoms with E-state index in [0.717, 1.165) is 5.56 Å². The van der Waals surface area contributed by atoms with Crippen LogP contribution >= 0.6 is 0 Å². The van der Waals surface area contributed by atoms with Gasteiger partial charge >= 0.3 is 5.76 Å². The van der Waals surface area contributed by atoms with Gasteiger partial charge in [-0.15, -0.1) is 0 Å². The number of carbonyl (C=O) groups excluding carboxylic acids is 1. The third-order valence-corrected chi connectivity index (χ3v) is 3.80. The molecule has 3 rings (SSSR count). The highest BCUT2D eigenvalue weighted by atomic mass is 16.5. The SMILES string of the molecule is COc1ccc(OC)c(NC(=O)CCc2ccc3oc(=O)[nH]c3c2)c1. The van der Waals surface area contributed by atoms with Gasteiger partial charge in [-0.2, -0.15) is 0 Å². The Morgan fingerprint density at radius 2 is 2.00 bits per heavy atom. The summed E-state index contributed by atoms with van der Waals surface area (Å²) < 4.78 is 15.4. The summed E-state index contributed by atoms with van der Waals surface area (Å²) >= 11 is 0. The summed E-state index contributed by atoms with van der Waals surface area (Å²) in [5, 5.41) is 2.83. The van der Waals surface area contributed by atoms with Crippen LogP contribution in [-0.4, -0.2) is 25.1 Å². The second kappa shape index (κ2) is 7.12. The molecule has 1 aromatic heterocycles. The molecule has 1 amide bonds. The van der Waals surface area contributed by atoms with E-state index in [2.05, 4.69) is 10.3 Å². The number of methoxy groups -OCH3 is 2. The van der Waals surface area contributed by atoms with Gasteiger partial charge in [0.25, 0.3) is 0 Å². The molecule has 0 bridgehead atoms. The third-order valence-electron chi connectivity index (χ3n) is 3.80. The van der Waals surface area contributed by atoms with Gasteiger partial charge in [0.15, 0.2) is 5.58 Å². The van der Waals surface area contributed by atoms with Gasteiger partial charge in [-0.05, 0) is 36.2 Å². The number of rotatable bonds is 6. The number of anilines is 1. The lowest BCUT2D eigenvalue weighted by atomic mass is 10.1. The summed E-state index contributed by atoms with van der Waals surface area (Å²) in [6, 6.07) is 10.6. The number of hydrogen-bond donors (Lipinski definition) is 2. The summed E-state index contributed by atoms with van der Waals surface area (Å²) in [5.41, 5.74) is 2.61. The van der Waals surface area contributed by atoms with Gasteiger partial charge in [-0.25, -0.2) is 4.79 Å². The zero-order valence-electron chi connectivity index (χ0n) is 13.9. The molecule has 0 atom stereocenters. The Kier molecular flexibility index (Phi) is 4.74. The van der Waals surface area contributed by atoms with Crippen LogP contribution in [0.1, 0.15) is 12.0 Å². The lowest BCUT2D eigenvalue weighted by molar-refractivity contribution is -0.116. The normalized spacial score (nSPS) is 10.6. The molecule has 2 N–H and O–H groups in total. The molecule has 1 heterocycles. The molecule has 0 saturated carbocycles. The van der Waals surface area contributed by atoms with Crippen LogP contribution in [-0.2, 0) is 11.2 Å². The largest absolute Gasteiger partial charge is 0.497 e. The van der Waals surface area contributed by atoms with Crippen molar-refractivity contribution in [1.82, 2.24) is 4.98 Å². The smallest absolute Gasteiger partial charge is 0.417 e. The van der Waals surface area contributed by atoms with Gasteiger partial charge in [0.2, 0.25) is 5.91 Å². The molecule has 7 nitrogen and oxygen atoms in total. The van der Waals surface area contributed by atoms with E-state index >= 15 is 0 Å². The molecular weight excluding hydrogens is 324 g/mol. The third kappa shape index (κ3) is 3.82.